The van der Waals surface area contributed by atoms with Crippen molar-refractivity contribution >= 4 is 40.7 Å². The van der Waals surface area contributed by atoms with Crippen LogP contribution in [0.15, 0.2) is 29.6 Å². The molecule has 174 valence electrons. The summed E-state index contributed by atoms with van der Waals surface area (Å²) in [6.07, 6.45) is 0.556. The average molecular weight is 469 g/mol. The van der Waals surface area contributed by atoms with Crippen molar-refractivity contribution in [3.63, 3.8) is 0 Å². The molecule has 3 heterocycles. The molecule has 33 heavy (non-hydrogen) atoms. The van der Waals surface area contributed by atoms with Gasteiger partial charge in [-0.3, -0.25) is 24.5 Å². The molecule has 2 aromatic rings. The number of fused-ring (bicyclic) bond motifs is 1. The quantitative estimate of drug-likeness (QED) is 0.565. The van der Waals surface area contributed by atoms with Crippen molar-refractivity contribution in [3.05, 3.63) is 51.2 Å². The average Bonchev–Trinajstić information content (AvgIpc) is 3.30. The fraction of sp³-hybridized carbons (Fsp3) is 0.417. The summed E-state index contributed by atoms with van der Waals surface area (Å²) in [4.78, 5) is 51.2. The zero-order valence-electron chi connectivity index (χ0n) is 19.0. The highest BCUT2D eigenvalue weighted by atomic mass is 32.1. The van der Waals surface area contributed by atoms with Crippen LogP contribution in [0.25, 0.3) is 0 Å². The van der Waals surface area contributed by atoms with Crippen LogP contribution in [0.4, 0.5) is 5.69 Å². The molecule has 1 aromatic heterocycles. The normalized spacial score (nSPS) is 18.2. The first kappa shape index (κ1) is 23.0. The van der Waals surface area contributed by atoms with E-state index < -0.39 is 11.9 Å². The van der Waals surface area contributed by atoms with Gasteiger partial charge < -0.3 is 15.5 Å². The van der Waals surface area contributed by atoms with E-state index in [9.17, 15) is 19.2 Å². The predicted molar refractivity (Wildman–Crippen MR) is 126 cm³/mol. The Morgan fingerprint density at radius 1 is 1.18 bits per heavy atom. The number of hydrogen-bond acceptors (Lipinski definition) is 6. The molecule has 0 unspecified atom stereocenters. The lowest BCUT2D eigenvalue weighted by atomic mass is 9.87. The highest BCUT2D eigenvalue weighted by Gasteiger charge is 2.40. The van der Waals surface area contributed by atoms with Gasteiger partial charge in [-0.25, -0.2) is 0 Å². The number of thiophene rings is 1. The van der Waals surface area contributed by atoms with Crippen LogP contribution in [-0.2, 0) is 32.9 Å². The van der Waals surface area contributed by atoms with Crippen molar-refractivity contribution in [2.75, 3.05) is 11.9 Å². The third-order valence-electron chi connectivity index (χ3n) is 6.04. The Kier molecular flexibility index (Phi) is 6.25. The fourth-order valence-electron chi connectivity index (χ4n) is 4.06. The SMILES string of the molecule is CC(C)(C)c1ccc(NCC(=O)NCc2scc3c2CN([C@H]2CCC(=O)NC2=O)C3=O)cc1. The standard InChI is InChI=1S/C24H28N4O4S/c1-24(2,3)14-4-6-15(7-5-14)25-11-21(30)26-10-19-16-12-28(23(32)17(16)13-33-19)18-8-9-20(29)27-22(18)31/h4-7,13,18,25H,8-12H2,1-3H3,(H,26,30)(H,27,29,31)/t18-/m0/s1. The molecule has 2 aliphatic rings. The third kappa shape index (κ3) is 4.93. The highest BCUT2D eigenvalue weighted by molar-refractivity contribution is 7.10. The Morgan fingerprint density at radius 2 is 1.91 bits per heavy atom. The van der Waals surface area contributed by atoms with Crippen LogP contribution in [0.2, 0.25) is 0 Å². The number of nitrogens with zero attached hydrogens (tertiary/aromatic N) is 1. The van der Waals surface area contributed by atoms with Crippen LogP contribution < -0.4 is 16.0 Å². The smallest absolute Gasteiger partial charge is 0.256 e. The van der Waals surface area contributed by atoms with Gasteiger partial charge in [-0.1, -0.05) is 32.9 Å². The first-order valence-corrected chi connectivity index (χ1v) is 11.9. The molecule has 4 rings (SSSR count). The van der Waals surface area contributed by atoms with Crippen LogP contribution >= 0.6 is 11.3 Å². The van der Waals surface area contributed by atoms with Crippen LogP contribution in [0.5, 0.6) is 0 Å². The van der Waals surface area contributed by atoms with Crippen LogP contribution in [0, 0.1) is 0 Å². The summed E-state index contributed by atoms with van der Waals surface area (Å²) in [6, 6.07) is 7.41. The van der Waals surface area contributed by atoms with Gasteiger partial charge in [0.05, 0.1) is 18.7 Å². The largest absolute Gasteiger partial charge is 0.376 e. The molecule has 2 aliphatic heterocycles. The predicted octanol–water partition coefficient (Wildman–Crippen LogP) is 2.53. The molecule has 1 aromatic carbocycles. The maximum Gasteiger partial charge on any atom is 0.256 e. The summed E-state index contributed by atoms with van der Waals surface area (Å²) in [5.41, 5.74) is 3.60. The molecule has 0 saturated carbocycles. The molecule has 1 atom stereocenters. The lowest BCUT2D eigenvalue weighted by Crippen LogP contribution is -2.52. The summed E-state index contributed by atoms with van der Waals surface area (Å²) < 4.78 is 0. The van der Waals surface area contributed by atoms with E-state index >= 15 is 0 Å². The lowest BCUT2D eigenvalue weighted by Gasteiger charge is -2.29. The molecule has 9 heteroatoms. The minimum absolute atomic E-state index is 0.0754. The summed E-state index contributed by atoms with van der Waals surface area (Å²) in [5.74, 6) is -1.08. The number of carbonyl (C=O) groups excluding carboxylic acids is 4. The van der Waals surface area contributed by atoms with Crippen LogP contribution in [-0.4, -0.2) is 41.1 Å². The summed E-state index contributed by atoms with van der Waals surface area (Å²) in [6.45, 7) is 7.24. The summed E-state index contributed by atoms with van der Waals surface area (Å²) in [7, 11) is 0. The number of piperidine rings is 1. The molecule has 0 radical (unpaired) electrons. The molecule has 0 spiro atoms. The topological polar surface area (TPSA) is 108 Å². The second-order valence-corrected chi connectivity index (χ2v) is 10.4. The van der Waals surface area contributed by atoms with Crippen molar-refractivity contribution in [1.82, 2.24) is 15.5 Å². The number of benzene rings is 1. The van der Waals surface area contributed by atoms with Gasteiger partial charge in [0.25, 0.3) is 5.91 Å². The first-order chi connectivity index (χ1) is 15.6. The number of anilines is 1. The molecular formula is C24H28N4O4S. The van der Waals surface area contributed by atoms with Crippen molar-refractivity contribution in [1.29, 1.82) is 0 Å². The minimum Gasteiger partial charge on any atom is -0.376 e. The van der Waals surface area contributed by atoms with Crippen LogP contribution in [0.1, 0.15) is 60.0 Å². The molecule has 8 nitrogen and oxygen atoms in total. The van der Waals surface area contributed by atoms with Crippen molar-refractivity contribution in [2.45, 2.75) is 58.2 Å². The number of carbonyl (C=O) groups is 4. The number of imide groups is 1. The van der Waals surface area contributed by atoms with Gasteiger partial charge in [0, 0.05) is 28.9 Å². The Labute approximate surface area is 196 Å². The van der Waals surface area contributed by atoms with E-state index in [1.54, 1.807) is 5.38 Å². The van der Waals surface area contributed by atoms with Crippen molar-refractivity contribution in [2.24, 2.45) is 0 Å². The van der Waals surface area contributed by atoms with Gasteiger partial charge >= 0.3 is 0 Å². The molecule has 1 fully saturated rings. The lowest BCUT2D eigenvalue weighted by molar-refractivity contribution is -0.137. The van der Waals surface area contributed by atoms with E-state index in [2.05, 4.69) is 48.9 Å². The summed E-state index contributed by atoms with van der Waals surface area (Å²) >= 11 is 1.43. The molecule has 0 aliphatic carbocycles. The second-order valence-electron chi connectivity index (χ2n) is 9.41. The van der Waals surface area contributed by atoms with Gasteiger partial charge in [0.2, 0.25) is 17.7 Å². The maximum atomic E-state index is 12.8. The zero-order valence-corrected chi connectivity index (χ0v) is 19.8. The van der Waals surface area contributed by atoms with Gasteiger partial charge in [0.1, 0.15) is 6.04 Å². The van der Waals surface area contributed by atoms with E-state index in [1.165, 1.54) is 21.8 Å². The van der Waals surface area contributed by atoms with E-state index in [-0.39, 0.29) is 36.1 Å². The van der Waals surface area contributed by atoms with Crippen molar-refractivity contribution < 1.29 is 19.2 Å². The Hall–Kier alpha value is -3.20. The number of rotatable bonds is 6. The number of amides is 4. The van der Waals surface area contributed by atoms with Gasteiger partial charge in [-0.2, -0.15) is 0 Å². The maximum absolute atomic E-state index is 12.8. The van der Waals surface area contributed by atoms with E-state index in [0.29, 0.717) is 25.1 Å². The Balaban J connectivity index is 1.31. The van der Waals surface area contributed by atoms with E-state index in [4.69, 9.17) is 0 Å². The summed E-state index contributed by atoms with van der Waals surface area (Å²) in [5, 5.41) is 10.1. The zero-order chi connectivity index (χ0) is 23.8. The molecule has 4 amide bonds. The molecule has 3 N–H and O–H groups in total. The highest BCUT2D eigenvalue weighted by Crippen LogP contribution is 2.33. The number of hydrogen-bond donors (Lipinski definition) is 3. The van der Waals surface area contributed by atoms with Crippen LogP contribution in [0.3, 0.4) is 0 Å². The van der Waals surface area contributed by atoms with E-state index in [1.807, 2.05) is 12.1 Å². The number of nitrogens with one attached hydrogen (secondary N) is 3. The first-order valence-electron chi connectivity index (χ1n) is 11.0. The second kappa shape index (κ2) is 8.97. The Bertz CT molecular complexity index is 1100. The van der Waals surface area contributed by atoms with E-state index in [0.717, 1.165) is 16.1 Å². The Morgan fingerprint density at radius 3 is 2.58 bits per heavy atom. The molecule has 0 bridgehead atoms. The molecular weight excluding hydrogens is 440 g/mol. The van der Waals surface area contributed by atoms with Gasteiger partial charge in [-0.15, -0.1) is 11.3 Å². The monoisotopic (exact) mass is 468 g/mol. The van der Waals surface area contributed by atoms with Gasteiger partial charge in [-0.05, 0) is 35.1 Å². The minimum atomic E-state index is -0.635. The fourth-order valence-corrected chi connectivity index (χ4v) is 5.04. The van der Waals surface area contributed by atoms with Crippen molar-refractivity contribution in [3.8, 4) is 0 Å². The third-order valence-corrected chi connectivity index (χ3v) is 7.07. The van der Waals surface area contributed by atoms with Gasteiger partial charge in [0.15, 0.2) is 0 Å². The molecule has 1 saturated heterocycles.